The van der Waals surface area contributed by atoms with E-state index in [0.717, 1.165) is 78.9 Å². The third kappa shape index (κ3) is 13.0. The lowest BCUT2D eigenvalue weighted by atomic mass is 9.63. The molecule has 4 aliphatic heterocycles. The Hall–Kier alpha value is -3.42. The predicted molar refractivity (Wildman–Crippen MR) is 314 cm³/mol. The molecule has 0 unspecified atom stereocenters. The second-order valence-corrected chi connectivity index (χ2v) is 27.8. The van der Waals surface area contributed by atoms with Crippen LogP contribution in [-0.2, 0) is 22.3 Å². The summed E-state index contributed by atoms with van der Waals surface area (Å²) in [6.07, 6.45) is 43.2. The molecule has 6 aliphatic rings. The van der Waals surface area contributed by atoms with E-state index in [1.54, 1.807) is 0 Å². The molecule has 6 heteroatoms. The Morgan fingerprint density at radius 3 is 1.68 bits per heavy atom. The molecule has 0 aromatic heterocycles. The minimum atomic E-state index is -0.385. The number of aliphatic hydroxyl groups excluding tert-OH is 2. The zero-order valence-corrected chi connectivity index (χ0v) is 50.3. The summed E-state index contributed by atoms with van der Waals surface area (Å²) in [7, 11) is 0. The molecule has 2 N–H and O–H groups in total. The van der Waals surface area contributed by atoms with Gasteiger partial charge in [0.05, 0.1) is 12.2 Å². The van der Waals surface area contributed by atoms with E-state index in [0.29, 0.717) is 12.8 Å². The fraction of sp³-hybridized carbons (Fsp3) is 0.681. The highest BCUT2D eigenvalue weighted by molar-refractivity contribution is 5.61. The van der Waals surface area contributed by atoms with Crippen LogP contribution >= 0.6 is 0 Å². The number of ether oxygens (including phenoxy) is 4. The normalized spacial score (nSPS) is 34.3. The average molecular weight is 1030 g/mol. The maximum atomic E-state index is 10.7. The molecule has 0 bridgehead atoms. The van der Waals surface area contributed by atoms with Crippen molar-refractivity contribution in [3.8, 4) is 11.5 Å². The molecule has 7 rings (SSSR count). The van der Waals surface area contributed by atoms with E-state index in [1.165, 1.54) is 84.8 Å². The molecule has 1 aromatic carbocycles. The Balaban J connectivity index is 1.05. The van der Waals surface area contributed by atoms with Gasteiger partial charge in [0.15, 0.2) is 0 Å². The molecule has 6 nitrogen and oxygen atoms in total. The number of aliphatic hydroxyl groups is 2. The van der Waals surface area contributed by atoms with Crippen LogP contribution in [0.2, 0.25) is 0 Å². The van der Waals surface area contributed by atoms with Crippen LogP contribution in [0.25, 0.3) is 0 Å². The number of epoxide rings is 2. The van der Waals surface area contributed by atoms with Crippen molar-refractivity contribution in [2.45, 2.75) is 267 Å². The topological polar surface area (TPSA) is 84.0 Å². The summed E-state index contributed by atoms with van der Waals surface area (Å²) in [6, 6.07) is 0. The Morgan fingerprint density at radius 1 is 0.600 bits per heavy atom. The molecule has 0 spiro atoms. The molecular formula is C69H104O6. The van der Waals surface area contributed by atoms with E-state index in [4.69, 9.17) is 18.9 Å². The fourth-order valence-electron chi connectivity index (χ4n) is 14.7. The van der Waals surface area contributed by atoms with Crippen molar-refractivity contribution >= 4 is 0 Å². The highest BCUT2D eigenvalue weighted by atomic mass is 16.6. The van der Waals surface area contributed by atoms with E-state index in [9.17, 15) is 10.2 Å². The van der Waals surface area contributed by atoms with Crippen LogP contribution in [0.15, 0.2) is 95.2 Å². The monoisotopic (exact) mass is 1030 g/mol. The molecule has 2 aliphatic carbocycles. The lowest BCUT2D eigenvalue weighted by molar-refractivity contribution is 0.0501. The van der Waals surface area contributed by atoms with Crippen LogP contribution in [0.3, 0.4) is 0 Å². The molecular weight excluding hydrogens is 925 g/mol. The van der Waals surface area contributed by atoms with Gasteiger partial charge in [-0.3, -0.25) is 0 Å². The van der Waals surface area contributed by atoms with Crippen LogP contribution in [0.5, 0.6) is 11.5 Å². The van der Waals surface area contributed by atoms with E-state index < -0.39 is 0 Å². The Kier molecular flexibility index (Phi) is 18.3. The van der Waals surface area contributed by atoms with Gasteiger partial charge < -0.3 is 29.2 Å². The Bertz CT molecular complexity index is 2450. The first-order valence-electron chi connectivity index (χ1n) is 29.8. The molecule has 4 fully saturated rings. The molecule has 0 amide bonds. The first-order chi connectivity index (χ1) is 35.1. The number of benzene rings is 1. The summed E-state index contributed by atoms with van der Waals surface area (Å²) in [5.74, 6) is 4.67. The van der Waals surface area contributed by atoms with Gasteiger partial charge in [-0.1, -0.05) is 178 Å². The second-order valence-electron chi connectivity index (χ2n) is 27.8. The molecule has 416 valence electrons. The summed E-state index contributed by atoms with van der Waals surface area (Å²) in [5.41, 5.74) is 7.96. The van der Waals surface area contributed by atoms with E-state index in [1.807, 2.05) is 0 Å². The van der Waals surface area contributed by atoms with Crippen molar-refractivity contribution in [3.63, 3.8) is 0 Å². The third-order valence-corrected chi connectivity index (χ3v) is 19.4. The fourth-order valence-corrected chi connectivity index (χ4v) is 14.7. The second kappa shape index (κ2) is 23.1. The molecule has 0 radical (unpaired) electrons. The smallest absolute Gasteiger partial charge is 0.127 e. The number of allylic oxidation sites excluding steroid dienone is 12. The average Bonchev–Trinajstić information content (AvgIpc) is 4.16. The van der Waals surface area contributed by atoms with Gasteiger partial charge in [-0.15, -0.1) is 0 Å². The lowest BCUT2D eigenvalue weighted by Gasteiger charge is -2.41. The van der Waals surface area contributed by atoms with Gasteiger partial charge in [0.2, 0.25) is 0 Å². The molecule has 75 heavy (non-hydrogen) atoms. The Morgan fingerprint density at radius 2 is 1.11 bits per heavy atom. The van der Waals surface area contributed by atoms with Gasteiger partial charge in [-0.05, 0) is 154 Å². The summed E-state index contributed by atoms with van der Waals surface area (Å²) < 4.78 is 27.4. The van der Waals surface area contributed by atoms with Crippen molar-refractivity contribution in [3.05, 3.63) is 117 Å². The van der Waals surface area contributed by atoms with Crippen LogP contribution in [0, 0.1) is 48.3 Å². The van der Waals surface area contributed by atoms with Crippen molar-refractivity contribution in [1.82, 2.24) is 0 Å². The van der Waals surface area contributed by atoms with Gasteiger partial charge in [-0.25, -0.2) is 0 Å². The third-order valence-electron chi connectivity index (χ3n) is 19.4. The SMILES string of the molecule is CC(=C/C=C/C(C)=C/C=C/C=C(\C)[C@H]1Oc2c(C)c(C)c3c(c2C[C@@H]1/C=C(C)/C=C/[C@@]12O[C@]1(C)C[C@@H](O)CC2(C)C)CC[C@@](C)(CCC[C@H](C)CCC[C@H](C)CCCC(C)C)O3)/C=C/[C@@]12O[C@]1(C)C[C@@H](O)CC2(C)C. The predicted octanol–water partition coefficient (Wildman–Crippen LogP) is 17.2. The summed E-state index contributed by atoms with van der Waals surface area (Å²) in [5, 5.41) is 21.2. The van der Waals surface area contributed by atoms with Crippen molar-refractivity contribution in [2.24, 2.45) is 34.5 Å². The maximum Gasteiger partial charge on any atom is 0.127 e. The van der Waals surface area contributed by atoms with E-state index in [2.05, 4.69) is 191 Å². The quantitative estimate of drug-likeness (QED) is 0.0889. The van der Waals surface area contributed by atoms with Crippen LogP contribution < -0.4 is 9.47 Å². The minimum absolute atomic E-state index is 0.112. The first-order valence-corrected chi connectivity index (χ1v) is 29.8. The van der Waals surface area contributed by atoms with Gasteiger partial charge >= 0.3 is 0 Å². The largest absolute Gasteiger partial charge is 0.487 e. The van der Waals surface area contributed by atoms with Gasteiger partial charge in [0, 0.05) is 40.7 Å². The highest BCUT2D eigenvalue weighted by Gasteiger charge is 2.75. The summed E-state index contributed by atoms with van der Waals surface area (Å²) >= 11 is 0. The molecule has 1 aromatic rings. The highest BCUT2D eigenvalue weighted by Crippen LogP contribution is 2.67. The number of hydrogen-bond donors (Lipinski definition) is 2. The lowest BCUT2D eigenvalue weighted by Crippen LogP contribution is -2.46. The van der Waals surface area contributed by atoms with Crippen LogP contribution in [-0.4, -0.2) is 56.5 Å². The summed E-state index contributed by atoms with van der Waals surface area (Å²) in [6.45, 7) is 38.3. The minimum Gasteiger partial charge on any atom is -0.487 e. The van der Waals surface area contributed by atoms with Gasteiger partial charge in [0.25, 0.3) is 0 Å². The van der Waals surface area contributed by atoms with Crippen molar-refractivity contribution in [1.29, 1.82) is 0 Å². The maximum absolute atomic E-state index is 10.7. The first kappa shape index (κ1) is 59.2. The van der Waals surface area contributed by atoms with E-state index in [-0.39, 0.29) is 63.1 Å². The number of fused-ring (bicyclic) bond motifs is 5. The standard InChI is InChI=1S/C69H104O6/c1-46(2)24-20-26-48(4)28-21-29-49(5)31-23-36-65(15)37-35-58-59-41-55(40-51(7)34-39-69-64(13,14)43-57(71)45-67(69,17)75-69)60(72-61(59)53(9)54(10)62(58)73-65)52(8)32-19-18-25-47(3)27-22-30-50(6)33-38-68-63(11,12)42-56(70)44-66(68,16)74-68/h18-19,22,25,27,30,32-34,38-40,46,48-49,55-57,60,70-71H,20-21,23-24,26,28-29,31,35-37,41-45H2,1-17H3/b19-18+,27-22+,38-33+,39-34+,47-25+,50-30-,51-40+,52-32+/t48-,49-,55+,56+,57+,60-,65-,66-,67-,68+,69+/m1/s1. The molecule has 4 heterocycles. The number of rotatable bonds is 22. The van der Waals surface area contributed by atoms with Gasteiger partial charge in [-0.2, -0.15) is 0 Å². The molecule has 2 saturated heterocycles. The molecule has 2 saturated carbocycles. The zero-order chi connectivity index (χ0) is 54.9. The van der Waals surface area contributed by atoms with Crippen molar-refractivity contribution in [2.75, 3.05) is 0 Å². The van der Waals surface area contributed by atoms with Crippen LogP contribution in [0.4, 0.5) is 0 Å². The van der Waals surface area contributed by atoms with Crippen LogP contribution in [0.1, 0.15) is 216 Å². The zero-order valence-electron chi connectivity index (χ0n) is 50.3. The Labute approximate surface area is 457 Å². The number of hydrogen-bond acceptors (Lipinski definition) is 6. The molecule has 11 atom stereocenters. The van der Waals surface area contributed by atoms with E-state index >= 15 is 0 Å². The van der Waals surface area contributed by atoms with Crippen molar-refractivity contribution < 1.29 is 29.2 Å². The van der Waals surface area contributed by atoms with Gasteiger partial charge in [0.1, 0.15) is 45.6 Å². The summed E-state index contributed by atoms with van der Waals surface area (Å²) in [4.78, 5) is 0.